The van der Waals surface area contributed by atoms with Gasteiger partial charge in [-0.1, -0.05) is 19.9 Å². The molecule has 3 nitrogen and oxygen atoms in total. The number of halogens is 1. The molecular formula is C15H22FNO2. The second kappa shape index (κ2) is 7.24. The number of benzene rings is 1. The quantitative estimate of drug-likeness (QED) is 0.793. The third-order valence-corrected chi connectivity index (χ3v) is 2.79. The van der Waals surface area contributed by atoms with E-state index in [1.807, 2.05) is 13.8 Å². The van der Waals surface area contributed by atoms with Crippen LogP contribution < -0.4 is 0 Å². The summed E-state index contributed by atoms with van der Waals surface area (Å²) in [4.78, 5) is 14.0. The molecule has 19 heavy (non-hydrogen) atoms. The molecule has 4 heteroatoms. The first-order chi connectivity index (χ1) is 8.95. The normalized spacial score (nSPS) is 10.8. The highest BCUT2D eigenvalue weighted by molar-refractivity contribution is 5.94. The highest BCUT2D eigenvalue weighted by Gasteiger charge is 2.19. The number of carbonyl (C=O) groups excluding carboxylic acids is 1. The highest BCUT2D eigenvalue weighted by atomic mass is 19.1. The molecule has 0 unspecified atom stereocenters. The van der Waals surface area contributed by atoms with Crippen molar-refractivity contribution in [1.29, 1.82) is 0 Å². The fourth-order valence-electron chi connectivity index (χ4n) is 1.88. The first-order valence-electron chi connectivity index (χ1n) is 6.50. The van der Waals surface area contributed by atoms with Crippen molar-refractivity contribution in [2.45, 2.75) is 20.8 Å². The van der Waals surface area contributed by atoms with E-state index in [1.165, 1.54) is 6.07 Å². The van der Waals surface area contributed by atoms with Gasteiger partial charge < -0.3 is 9.64 Å². The van der Waals surface area contributed by atoms with Crippen molar-refractivity contribution in [2.75, 3.05) is 26.8 Å². The Balaban J connectivity index is 2.90. The molecule has 0 aliphatic carbocycles. The summed E-state index contributed by atoms with van der Waals surface area (Å²) in [5.74, 6) is -0.409. The molecule has 0 saturated heterocycles. The maximum atomic E-state index is 13.8. The number of ether oxygens (including phenoxy) is 1. The van der Waals surface area contributed by atoms with E-state index >= 15 is 0 Å². The Morgan fingerprint density at radius 2 is 2.11 bits per heavy atom. The summed E-state index contributed by atoms with van der Waals surface area (Å²) < 4.78 is 18.8. The minimum Gasteiger partial charge on any atom is -0.383 e. The lowest BCUT2D eigenvalue weighted by Crippen LogP contribution is -2.37. The molecule has 0 aliphatic rings. The Kier molecular flexibility index (Phi) is 5.96. The zero-order chi connectivity index (χ0) is 14.4. The topological polar surface area (TPSA) is 29.5 Å². The Morgan fingerprint density at radius 1 is 1.42 bits per heavy atom. The van der Waals surface area contributed by atoms with Crippen molar-refractivity contribution in [1.82, 2.24) is 4.90 Å². The second-order valence-electron chi connectivity index (χ2n) is 5.12. The average molecular weight is 267 g/mol. The molecule has 1 rings (SSSR count). The number of amides is 1. The van der Waals surface area contributed by atoms with Crippen molar-refractivity contribution in [3.8, 4) is 0 Å². The molecule has 0 fully saturated rings. The lowest BCUT2D eigenvalue weighted by molar-refractivity contribution is 0.0667. The van der Waals surface area contributed by atoms with Gasteiger partial charge in [0, 0.05) is 20.2 Å². The predicted molar refractivity (Wildman–Crippen MR) is 73.8 cm³/mol. The predicted octanol–water partition coefficient (Wildman–Crippen LogP) is 2.88. The van der Waals surface area contributed by atoms with E-state index in [0.29, 0.717) is 25.6 Å². The molecule has 106 valence electrons. The lowest BCUT2D eigenvalue weighted by Gasteiger charge is -2.24. The number of hydrogen-bond acceptors (Lipinski definition) is 2. The summed E-state index contributed by atoms with van der Waals surface area (Å²) in [6.07, 6.45) is 0. The summed E-state index contributed by atoms with van der Waals surface area (Å²) in [7, 11) is 1.59. The SMILES string of the molecule is COCCN(CC(C)C)C(=O)c1ccc(C)cc1F. The smallest absolute Gasteiger partial charge is 0.256 e. The molecule has 0 atom stereocenters. The van der Waals surface area contributed by atoms with Crippen molar-refractivity contribution in [3.63, 3.8) is 0 Å². The maximum absolute atomic E-state index is 13.8. The molecule has 0 aromatic heterocycles. The van der Waals surface area contributed by atoms with Crippen LogP contribution in [-0.4, -0.2) is 37.6 Å². The molecular weight excluding hydrogens is 245 g/mol. The molecule has 0 saturated carbocycles. The van der Waals surface area contributed by atoms with Crippen LogP contribution in [0.2, 0.25) is 0 Å². The zero-order valence-corrected chi connectivity index (χ0v) is 12.1. The van der Waals surface area contributed by atoms with Crippen molar-refractivity contribution in [2.24, 2.45) is 5.92 Å². The van der Waals surface area contributed by atoms with Crippen LogP contribution in [-0.2, 0) is 4.74 Å². The van der Waals surface area contributed by atoms with Crippen LogP contribution in [0.1, 0.15) is 29.8 Å². The first-order valence-corrected chi connectivity index (χ1v) is 6.50. The van der Waals surface area contributed by atoms with Gasteiger partial charge in [-0.15, -0.1) is 0 Å². The summed E-state index contributed by atoms with van der Waals surface area (Å²) >= 11 is 0. The zero-order valence-electron chi connectivity index (χ0n) is 12.1. The van der Waals surface area contributed by atoms with Crippen LogP contribution in [0.15, 0.2) is 18.2 Å². The van der Waals surface area contributed by atoms with Gasteiger partial charge >= 0.3 is 0 Å². The van der Waals surface area contributed by atoms with Gasteiger partial charge in [0.1, 0.15) is 5.82 Å². The summed E-state index contributed by atoms with van der Waals surface area (Å²) in [6.45, 7) is 7.37. The van der Waals surface area contributed by atoms with Gasteiger partial charge in [-0.05, 0) is 30.5 Å². The van der Waals surface area contributed by atoms with Crippen LogP contribution in [0.5, 0.6) is 0 Å². The van der Waals surface area contributed by atoms with Crippen molar-refractivity contribution in [3.05, 3.63) is 35.1 Å². The number of aryl methyl sites for hydroxylation is 1. The van der Waals surface area contributed by atoms with Gasteiger partial charge in [0.05, 0.1) is 12.2 Å². The molecule has 0 radical (unpaired) electrons. The third-order valence-electron chi connectivity index (χ3n) is 2.79. The third kappa shape index (κ3) is 4.63. The highest BCUT2D eigenvalue weighted by Crippen LogP contribution is 2.13. The number of nitrogens with zero attached hydrogens (tertiary/aromatic N) is 1. The van der Waals surface area contributed by atoms with Gasteiger partial charge in [0.15, 0.2) is 0 Å². The van der Waals surface area contributed by atoms with Crippen molar-refractivity contribution >= 4 is 5.91 Å². The first kappa shape index (κ1) is 15.6. The summed E-state index contributed by atoms with van der Waals surface area (Å²) in [6, 6.07) is 4.68. The minimum atomic E-state index is -0.462. The van der Waals surface area contributed by atoms with E-state index < -0.39 is 5.82 Å². The lowest BCUT2D eigenvalue weighted by atomic mass is 10.1. The van der Waals surface area contributed by atoms with Crippen LogP contribution >= 0.6 is 0 Å². The van der Waals surface area contributed by atoms with E-state index in [0.717, 1.165) is 5.56 Å². The Labute approximate surface area is 114 Å². The van der Waals surface area contributed by atoms with Gasteiger partial charge in [0.2, 0.25) is 0 Å². The number of rotatable bonds is 6. The molecule has 0 heterocycles. The average Bonchev–Trinajstić information content (AvgIpc) is 2.33. The summed E-state index contributed by atoms with van der Waals surface area (Å²) in [5.41, 5.74) is 0.934. The van der Waals surface area contributed by atoms with Gasteiger partial charge in [0.25, 0.3) is 5.91 Å². The van der Waals surface area contributed by atoms with E-state index in [9.17, 15) is 9.18 Å². The van der Waals surface area contributed by atoms with Gasteiger partial charge in [-0.3, -0.25) is 4.79 Å². The Bertz CT molecular complexity index is 432. The standard InChI is InChI=1S/C15H22FNO2/c1-11(2)10-17(7-8-19-4)15(18)13-6-5-12(3)9-14(13)16/h5-6,9,11H,7-8,10H2,1-4H3. The van der Waals surface area contributed by atoms with Gasteiger partial charge in [-0.25, -0.2) is 4.39 Å². The van der Waals surface area contributed by atoms with E-state index in [1.54, 1.807) is 31.1 Å². The summed E-state index contributed by atoms with van der Waals surface area (Å²) in [5, 5.41) is 0. The molecule has 1 aromatic rings. The molecule has 1 amide bonds. The fourth-order valence-corrected chi connectivity index (χ4v) is 1.88. The van der Waals surface area contributed by atoms with Crippen molar-refractivity contribution < 1.29 is 13.9 Å². The molecule has 0 bridgehead atoms. The number of hydrogen-bond donors (Lipinski definition) is 0. The number of methoxy groups -OCH3 is 1. The molecule has 0 spiro atoms. The molecule has 1 aromatic carbocycles. The van der Waals surface area contributed by atoms with Crippen LogP contribution in [0.25, 0.3) is 0 Å². The van der Waals surface area contributed by atoms with Gasteiger partial charge in [-0.2, -0.15) is 0 Å². The second-order valence-corrected chi connectivity index (χ2v) is 5.12. The van der Waals surface area contributed by atoms with Crippen LogP contribution in [0.4, 0.5) is 4.39 Å². The number of carbonyl (C=O) groups is 1. The Hall–Kier alpha value is -1.42. The fraction of sp³-hybridized carbons (Fsp3) is 0.533. The minimum absolute atomic E-state index is 0.127. The van der Waals surface area contributed by atoms with Crippen LogP contribution in [0.3, 0.4) is 0 Å². The molecule has 0 aliphatic heterocycles. The Morgan fingerprint density at radius 3 is 2.63 bits per heavy atom. The molecule has 0 N–H and O–H groups in total. The maximum Gasteiger partial charge on any atom is 0.256 e. The van der Waals surface area contributed by atoms with Crippen LogP contribution in [0, 0.1) is 18.7 Å². The van der Waals surface area contributed by atoms with E-state index in [-0.39, 0.29) is 11.5 Å². The largest absolute Gasteiger partial charge is 0.383 e. The monoisotopic (exact) mass is 267 g/mol. The van der Waals surface area contributed by atoms with E-state index in [2.05, 4.69) is 0 Å². The van der Waals surface area contributed by atoms with E-state index in [4.69, 9.17) is 4.74 Å².